The van der Waals surface area contributed by atoms with E-state index in [1.807, 2.05) is 30.3 Å². The van der Waals surface area contributed by atoms with E-state index in [2.05, 4.69) is 16.0 Å². The molecule has 1 aliphatic rings. The number of urea groups is 1. The minimum absolute atomic E-state index is 0.102. The zero-order valence-electron chi connectivity index (χ0n) is 16.1. The quantitative estimate of drug-likeness (QED) is 0.671. The van der Waals surface area contributed by atoms with Gasteiger partial charge >= 0.3 is 6.03 Å². The van der Waals surface area contributed by atoms with Crippen LogP contribution in [-0.2, 0) is 9.59 Å². The van der Waals surface area contributed by atoms with Gasteiger partial charge in [0.15, 0.2) is 0 Å². The molecular formula is C21H23ClN4O3. The summed E-state index contributed by atoms with van der Waals surface area (Å²) in [6.07, 6.45) is 1.38. The summed E-state index contributed by atoms with van der Waals surface area (Å²) in [4.78, 5) is 37.6. The van der Waals surface area contributed by atoms with Gasteiger partial charge in [0, 0.05) is 32.1 Å². The lowest BCUT2D eigenvalue weighted by Gasteiger charge is -2.25. The Morgan fingerprint density at radius 3 is 2.52 bits per heavy atom. The van der Waals surface area contributed by atoms with Crippen molar-refractivity contribution < 1.29 is 14.4 Å². The molecule has 1 saturated heterocycles. The summed E-state index contributed by atoms with van der Waals surface area (Å²) < 4.78 is 0. The third-order valence-electron chi connectivity index (χ3n) is 4.62. The zero-order valence-corrected chi connectivity index (χ0v) is 16.8. The van der Waals surface area contributed by atoms with E-state index < -0.39 is 6.03 Å². The Labute approximate surface area is 174 Å². The second kappa shape index (κ2) is 9.43. The van der Waals surface area contributed by atoms with Crippen molar-refractivity contribution in [1.29, 1.82) is 0 Å². The third-order valence-corrected chi connectivity index (χ3v) is 4.93. The number of anilines is 2. The van der Waals surface area contributed by atoms with Crippen molar-refractivity contribution in [3.63, 3.8) is 0 Å². The van der Waals surface area contributed by atoms with E-state index in [0.29, 0.717) is 35.9 Å². The molecule has 0 bridgehead atoms. The maximum atomic E-state index is 12.6. The van der Waals surface area contributed by atoms with Crippen LogP contribution in [0.25, 0.3) is 0 Å². The smallest absolute Gasteiger partial charge is 0.319 e. The number of hydrogen-bond acceptors (Lipinski definition) is 3. The first-order valence-electron chi connectivity index (χ1n) is 9.40. The summed E-state index contributed by atoms with van der Waals surface area (Å²) in [6.45, 7) is 2.51. The predicted octanol–water partition coefficient (Wildman–Crippen LogP) is 3.78. The van der Waals surface area contributed by atoms with E-state index in [4.69, 9.17) is 11.6 Å². The summed E-state index contributed by atoms with van der Waals surface area (Å²) >= 11 is 6.22. The normalized spacial score (nSPS) is 14.4. The molecule has 0 aliphatic carbocycles. The number of amides is 4. The number of rotatable bonds is 6. The monoisotopic (exact) mass is 414 g/mol. The van der Waals surface area contributed by atoms with Gasteiger partial charge in [-0.05, 0) is 30.2 Å². The van der Waals surface area contributed by atoms with Crippen LogP contribution in [0.5, 0.6) is 0 Å². The number of halogens is 1. The Kier molecular flexibility index (Phi) is 6.72. The Morgan fingerprint density at radius 2 is 1.90 bits per heavy atom. The van der Waals surface area contributed by atoms with Crippen LogP contribution in [0, 0.1) is 0 Å². The third kappa shape index (κ3) is 5.71. The number of carbonyl (C=O) groups is 3. The molecular weight excluding hydrogens is 392 g/mol. The summed E-state index contributed by atoms with van der Waals surface area (Å²) in [5, 5.41) is 8.60. The molecule has 1 heterocycles. The van der Waals surface area contributed by atoms with Crippen molar-refractivity contribution in [3.8, 4) is 0 Å². The van der Waals surface area contributed by atoms with Crippen molar-refractivity contribution in [2.24, 2.45) is 0 Å². The number of carbonyl (C=O) groups excluding carboxylic acids is 3. The van der Waals surface area contributed by atoms with E-state index in [9.17, 15) is 14.4 Å². The lowest BCUT2D eigenvalue weighted by Crippen LogP contribution is -2.40. The molecule has 2 aromatic carbocycles. The lowest BCUT2D eigenvalue weighted by molar-refractivity contribution is -0.128. The average molecular weight is 415 g/mol. The topological polar surface area (TPSA) is 90.5 Å². The molecule has 4 amide bonds. The molecule has 1 unspecified atom stereocenters. The van der Waals surface area contributed by atoms with Crippen molar-refractivity contribution in [2.75, 3.05) is 23.7 Å². The van der Waals surface area contributed by atoms with Gasteiger partial charge in [-0.15, -0.1) is 0 Å². The fourth-order valence-corrected chi connectivity index (χ4v) is 3.48. The Hall–Kier alpha value is -3.06. The van der Waals surface area contributed by atoms with Crippen molar-refractivity contribution in [1.82, 2.24) is 10.2 Å². The Bertz CT molecular complexity index is 904. The van der Waals surface area contributed by atoms with Crippen LogP contribution in [0.2, 0.25) is 5.02 Å². The number of nitrogens with one attached hydrogen (secondary N) is 3. The molecule has 7 nitrogen and oxygen atoms in total. The molecule has 0 aromatic heterocycles. The van der Waals surface area contributed by atoms with Crippen molar-refractivity contribution in [2.45, 2.75) is 25.8 Å². The molecule has 152 valence electrons. The van der Waals surface area contributed by atoms with Crippen LogP contribution < -0.4 is 16.0 Å². The van der Waals surface area contributed by atoms with Crippen LogP contribution in [0.15, 0.2) is 48.5 Å². The van der Waals surface area contributed by atoms with Gasteiger partial charge < -0.3 is 20.9 Å². The summed E-state index contributed by atoms with van der Waals surface area (Å²) in [5.74, 6) is -0.105. The van der Waals surface area contributed by atoms with E-state index in [-0.39, 0.29) is 17.9 Å². The molecule has 0 radical (unpaired) electrons. The van der Waals surface area contributed by atoms with Crippen LogP contribution in [0.1, 0.15) is 31.4 Å². The minimum atomic E-state index is -0.431. The maximum absolute atomic E-state index is 12.6. The lowest BCUT2D eigenvalue weighted by atomic mass is 10.1. The molecule has 8 heteroatoms. The number of likely N-dealkylation sites (tertiary alicyclic amines) is 1. The Balaban J connectivity index is 1.69. The first-order chi connectivity index (χ1) is 13.9. The SMILES string of the molecule is CC(=O)Nc1ccc(NC(=O)NC(CN2CCCC2=O)c2ccccc2)c(Cl)c1. The number of hydrogen-bond donors (Lipinski definition) is 3. The number of benzene rings is 2. The summed E-state index contributed by atoms with van der Waals surface area (Å²) in [7, 11) is 0. The standard InChI is InChI=1S/C21H23ClN4O3/c1-14(27)23-16-9-10-18(17(22)12-16)24-21(29)25-19(15-6-3-2-4-7-15)13-26-11-5-8-20(26)28/h2-4,6-7,9-10,12,19H,5,8,11,13H2,1H3,(H,23,27)(H2,24,25,29). The fraction of sp³-hybridized carbons (Fsp3) is 0.286. The van der Waals surface area contributed by atoms with Crippen LogP contribution in [-0.4, -0.2) is 35.8 Å². The molecule has 29 heavy (non-hydrogen) atoms. The second-order valence-electron chi connectivity index (χ2n) is 6.88. The van der Waals surface area contributed by atoms with Gasteiger partial charge in [-0.2, -0.15) is 0 Å². The van der Waals surface area contributed by atoms with Crippen LogP contribution in [0.3, 0.4) is 0 Å². The molecule has 2 aromatic rings. The zero-order chi connectivity index (χ0) is 20.8. The van der Waals surface area contributed by atoms with Crippen molar-refractivity contribution in [3.05, 3.63) is 59.1 Å². The van der Waals surface area contributed by atoms with Crippen LogP contribution >= 0.6 is 11.6 Å². The fourth-order valence-electron chi connectivity index (χ4n) is 3.25. The molecule has 1 atom stereocenters. The first kappa shape index (κ1) is 20.7. The highest BCUT2D eigenvalue weighted by atomic mass is 35.5. The second-order valence-corrected chi connectivity index (χ2v) is 7.29. The van der Waals surface area contributed by atoms with E-state index in [1.54, 1.807) is 23.1 Å². The molecule has 0 saturated carbocycles. The van der Waals surface area contributed by atoms with Gasteiger partial charge in [-0.3, -0.25) is 9.59 Å². The summed E-state index contributed by atoms with van der Waals surface area (Å²) in [6, 6.07) is 13.6. The highest BCUT2D eigenvalue weighted by Gasteiger charge is 2.25. The highest BCUT2D eigenvalue weighted by molar-refractivity contribution is 6.34. The van der Waals surface area contributed by atoms with Gasteiger partial charge in [0.05, 0.1) is 16.8 Å². The van der Waals surface area contributed by atoms with E-state index in [0.717, 1.165) is 12.0 Å². The van der Waals surface area contributed by atoms with Gasteiger partial charge in [0.1, 0.15) is 0 Å². The van der Waals surface area contributed by atoms with Gasteiger partial charge in [-0.1, -0.05) is 41.9 Å². The van der Waals surface area contributed by atoms with Gasteiger partial charge in [0.25, 0.3) is 0 Å². The van der Waals surface area contributed by atoms with Gasteiger partial charge in [0.2, 0.25) is 11.8 Å². The van der Waals surface area contributed by atoms with Crippen molar-refractivity contribution >= 4 is 40.8 Å². The minimum Gasteiger partial charge on any atom is -0.340 e. The Morgan fingerprint density at radius 1 is 1.14 bits per heavy atom. The largest absolute Gasteiger partial charge is 0.340 e. The number of nitrogens with zero attached hydrogens (tertiary/aromatic N) is 1. The van der Waals surface area contributed by atoms with Crippen LogP contribution in [0.4, 0.5) is 16.2 Å². The molecule has 1 aliphatic heterocycles. The highest BCUT2D eigenvalue weighted by Crippen LogP contribution is 2.26. The van der Waals surface area contributed by atoms with E-state index in [1.165, 1.54) is 6.92 Å². The predicted molar refractivity (Wildman–Crippen MR) is 113 cm³/mol. The van der Waals surface area contributed by atoms with Gasteiger partial charge in [-0.25, -0.2) is 4.79 Å². The first-order valence-corrected chi connectivity index (χ1v) is 9.77. The molecule has 1 fully saturated rings. The molecule has 3 rings (SSSR count). The maximum Gasteiger partial charge on any atom is 0.319 e. The average Bonchev–Trinajstić information content (AvgIpc) is 3.08. The molecule has 0 spiro atoms. The molecule has 3 N–H and O–H groups in total. The van der Waals surface area contributed by atoms with E-state index >= 15 is 0 Å². The summed E-state index contributed by atoms with van der Waals surface area (Å²) in [5.41, 5.74) is 1.87.